The van der Waals surface area contributed by atoms with E-state index in [0.717, 1.165) is 5.06 Å². The van der Waals surface area contributed by atoms with E-state index in [4.69, 9.17) is 4.84 Å². The smallest absolute Gasteiger partial charge is 0.266 e. The molecule has 0 aliphatic carbocycles. The Morgan fingerprint density at radius 1 is 1.00 bits per heavy atom. The summed E-state index contributed by atoms with van der Waals surface area (Å²) in [6.45, 7) is 0.501. The topological polar surface area (TPSA) is 77.3 Å². The average molecular weight is 258 g/mol. The molecular formula is C12H10N4O3. The van der Waals surface area contributed by atoms with E-state index >= 15 is 0 Å². The zero-order valence-corrected chi connectivity index (χ0v) is 9.89. The summed E-state index contributed by atoms with van der Waals surface area (Å²) in [4.78, 5) is 30.5. The zero-order valence-electron chi connectivity index (χ0n) is 9.89. The molecule has 2 heterocycles. The molecule has 7 heteroatoms. The molecule has 0 radical (unpaired) electrons. The van der Waals surface area contributed by atoms with Crippen LogP contribution >= 0.6 is 0 Å². The minimum absolute atomic E-state index is 0.139. The van der Waals surface area contributed by atoms with E-state index in [-0.39, 0.29) is 6.61 Å². The average Bonchev–Trinajstić information content (AvgIpc) is 3.02. The van der Waals surface area contributed by atoms with Crippen LogP contribution in [-0.2, 0) is 11.4 Å². The maximum absolute atomic E-state index is 11.9. The molecule has 0 saturated heterocycles. The van der Waals surface area contributed by atoms with Crippen LogP contribution in [0.25, 0.3) is 0 Å². The van der Waals surface area contributed by atoms with Gasteiger partial charge in [-0.25, -0.2) is 0 Å². The molecule has 1 aromatic heterocycles. The lowest BCUT2D eigenvalue weighted by molar-refractivity contribution is -0.0947. The lowest BCUT2D eigenvalue weighted by atomic mass is 10.1. The van der Waals surface area contributed by atoms with Crippen LogP contribution in [0, 0.1) is 0 Å². The van der Waals surface area contributed by atoms with Gasteiger partial charge < -0.3 is 0 Å². The van der Waals surface area contributed by atoms with Gasteiger partial charge in [-0.15, -0.1) is 5.06 Å². The summed E-state index contributed by atoms with van der Waals surface area (Å²) >= 11 is 0. The zero-order chi connectivity index (χ0) is 13.2. The predicted octanol–water partition coefficient (Wildman–Crippen LogP) is 0.506. The van der Waals surface area contributed by atoms with Gasteiger partial charge in [0, 0.05) is 0 Å². The number of fused-ring (bicyclic) bond motifs is 1. The van der Waals surface area contributed by atoms with E-state index in [1.165, 1.54) is 4.80 Å². The second-order valence-electron chi connectivity index (χ2n) is 3.91. The molecule has 0 bridgehead atoms. The quantitative estimate of drug-likeness (QED) is 0.746. The summed E-state index contributed by atoms with van der Waals surface area (Å²) in [6, 6.07) is 6.63. The number of benzene rings is 1. The minimum Gasteiger partial charge on any atom is -0.266 e. The molecule has 19 heavy (non-hydrogen) atoms. The second kappa shape index (κ2) is 4.62. The Hall–Kier alpha value is -2.54. The highest BCUT2D eigenvalue weighted by Gasteiger charge is 2.36. The number of amides is 2. The van der Waals surface area contributed by atoms with Gasteiger partial charge in [0.15, 0.2) is 0 Å². The number of carbonyl (C=O) groups is 2. The van der Waals surface area contributed by atoms with Gasteiger partial charge >= 0.3 is 0 Å². The van der Waals surface area contributed by atoms with Crippen molar-refractivity contribution in [3.8, 4) is 0 Å². The SMILES string of the molecule is O=C1c2ccccc2C(=O)N1OCCn1nccn1. The molecule has 1 aliphatic rings. The first kappa shape index (κ1) is 11.5. The predicted molar refractivity (Wildman–Crippen MR) is 62.9 cm³/mol. The third kappa shape index (κ3) is 2.00. The monoisotopic (exact) mass is 258 g/mol. The number of nitrogens with zero attached hydrogens (tertiary/aromatic N) is 4. The first-order valence-electron chi connectivity index (χ1n) is 5.72. The highest BCUT2D eigenvalue weighted by molar-refractivity contribution is 6.20. The molecule has 0 atom stereocenters. The standard InChI is InChI=1S/C12H10N4O3/c17-11-9-3-1-2-4-10(9)12(18)16(11)19-8-7-15-13-5-6-14-15/h1-6H,7-8H2. The summed E-state index contributed by atoms with van der Waals surface area (Å²) in [7, 11) is 0. The molecule has 96 valence electrons. The van der Waals surface area contributed by atoms with Gasteiger partial charge in [-0.2, -0.15) is 15.0 Å². The molecule has 3 rings (SSSR count). The van der Waals surface area contributed by atoms with Crippen LogP contribution in [0.4, 0.5) is 0 Å². The van der Waals surface area contributed by atoms with E-state index in [9.17, 15) is 9.59 Å². The van der Waals surface area contributed by atoms with Gasteiger partial charge in [-0.3, -0.25) is 14.4 Å². The summed E-state index contributed by atoms with van der Waals surface area (Å²) < 4.78 is 0. The molecule has 7 nitrogen and oxygen atoms in total. The van der Waals surface area contributed by atoms with Crippen molar-refractivity contribution in [2.24, 2.45) is 0 Å². The number of imide groups is 1. The largest absolute Gasteiger partial charge is 0.285 e. The van der Waals surface area contributed by atoms with Crippen molar-refractivity contribution in [1.82, 2.24) is 20.1 Å². The Balaban J connectivity index is 1.67. The third-order valence-electron chi connectivity index (χ3n) is 2.74. The Morgan fingerprint density at radius 3 is 2.16 bits per heavy atom. The normalized spacial score (nSPS) is 14.0. The van der Waals surface area contributed by atoms with Crippen molar-refractivity contribution >= 4 is 11.8 Å². The molecule has 0 saturated carbocycles. The van der Waals surface area contributed by atoms with E-state index in [0.29, 0.717) is 17.7 Å². The van der Waals surface area contributed by atoms with E-state index in [1.807, 2.05) is 0 Å². The highest BCUT2D eigenvalue weighted by Crippen LogP contribution is 2.22. The Bertz CT molecular complexity index is 589. The Kier molecular flexibility index (Phi) is 2.81. The number of carbonyl (C=O) groups excluding carboxylic acids is 2. The van der Waals surface area contributed by atoms with Crippen LogP contribution in [0.3, 0.4) is 0 Å². The van der Waals surface area contributed by atoms with E-state index in [2.05, 4.69) is 10.2 Å². The van der Waals surface area contributed by atoms with Crippen LogP contribution in [0.15, 0.2) is 36.7 Å². The van der Waals surface area contributed by atoms with Gasteiger partial charge in [-0.1, -0.05) is 12.1 Å². The minimum atomic E-state index is -0.436. The summed E-state index contributed by atoms with van der Waals surface area (Å²) in [5.74, 6) is -0.872. The highest BCUT2D eigenvalue weighted by atomic mass is 16.7. The molecule has 1 aliphatic heterocycles. The number of rotatable bonds is 4. The van der Waals surface area contributed by atoms with Crippen molar-refractivity contribution < 1.29 is 14.4 Å². The van der Waals surface area contributed by atoms with Crippen LogP contribution in [0.2, 0.25) is 0 Å². The summed E-state index contributed by atoms with van der Waals surface area (Å²) in [6.07, 6.45) is 3.09. The maximum Gasteiger partial charge on any atom is 0.285 e. The van der Waals surface area contributed by atoms with E-state index in [1.54, 1.807) is 36.7 Å². The number of aromatic nitrogens is 3. The molecule has 2 amide bonds. The second-order valence-corrected chi connectivity index (χ2v) is 3.91. The van der Waals surface area contributed by atoms with Crippen LogP contribution in [0.1, 0.15) is 20.7 Å². The van der Waals surface area contributed by atoms with E-state index < -0.39 is 11.8 Å². The molecule has 0 spiro atoms. The Morgan fingerprint density at radius 2 is 1.58 bits per heavy atom. The number of hydrogen-bond acceptors (Lipinski definition) is 5. The fourth-order valence-corrected chi connectivity index (χ4v) is 1.86. The molecule has 0 unspecified atom stereocenters. The van der Waals surface area contributed by atoms with Gasteiger partial charge in [0.25, 0.3) is 11.8 Å². The molecule has 2 aromatic rings. The van der Waals surface area contributed by atoms with Crippen molar-refractivity contribution in [2.45, 2.75) is 6.54 Å². The first-order chi connectivity index (χ1) is 9.27. The van der Waals surface area contributed by atoms with Crippen LogP contribution < -0.4 is 0 Å². The van der Waals surface area contributed by atoms with Crippen molar-refractivity contribution in [2.75, 3.05) is 6.61 Å². The fraction of sp³-hybridized carbons (Fsp3) is 0.167. The fourth-order valence-electron chi connectivity index (χ4n) is 1.86. The number of hydrogen-bond donors (Lipinski definition) is 0. The summed E-state index contributed by atoms with van der Waals surface area (Å²) in [5.41, 5.74) is 0.731. The molecular weight excluding hydrogens is 248 g/mol. The lowest BCUT2D eigenvalue weighted by Gasteiger charge is -2.12. The lowest BCUT2D eigenvalue weighted by Crippen LogP contribution is -2.31. The van der Waals surface area contributed by atoms with Gasteiger partial charge in [-0.05, 0) is 12.1 Å². The molecule has 1 aromatic carbocycles. The van der Waals surface area contributed by atoms with Crippen molar-refractivity contribution in [3.05, 3.63) is 47.8 Å². The van der Waals surface area contributed by atoms with Crippen molar-refractivity contribution in [3.63, 3.8) is 0 Å². The summed E-state index contributed by atoms with van der Waals surface area (Å²) in [5, 5.41) is 8.58. The molecule has 0 fully saturated rings. The van der Waals surface area contributed by atoms with Gasteiger partial charge in [0.05, 0.1) is 36.7 Å². The van der Waals surface area contributed by atoms with Crippen molar-refractivity contribution in [1.29, 1.82) is 0 Å². The maximum atomic E-state index is 11.9. The van der Waals surface area contributed by atoms with Gasteiger partial charge in [0.1, 0.15) is 0 Å². The van der Waals surface area contributed by atoms with Crippen LogP contribution in [-0.4, -0.2) is 38.5 Å². The van der Waals surface area contributed by atoms with Gasteiger partial charge in [0.2, 0.25) is 0 Å². The third-order valence-corrected chi connectivity index (χ3v) is 2.74. The number of hydroxylamine groups is 2. The first-order valence-corrected chi connectivity index (χ1v) is 5.72. The Labute approximate surface area is 108 Å². The van der Waals surface area contributed by atoms with Crippen LogP contribution in [0.5, 0.6) is 0 Å². The molecule has 0 N–H and O–H groups in total.